The first-order chi connectivity index (χ1) is 7.63. The smallest absolute Gasteiger partial charge is 0.222 e. The van der Waals surface area contributed by atoms with Gasteiger partial charge in [-0.05, 0) is 13.3 Å². The lowest BCUT2D eigenvalue weighted by Crippen LogP contribution is -2.33. The van der Waals surface area contributed by atoms with E-state index in [1.807, 2.05) is 12.3 Å². The van der Waals surface area contributed by atoms with Gasteiger partial charge in [-0.25, -0.2) is 4.98 Å². The lowest BCUT2D eigenvalue weighted by molar-refractivity contribution is -0.122. The average molecular weight is 241 g/mol. The third kappa shape index (κ3) is 4.28. The number of rotatable bonds is 6. The van der Waals surface area contributed by atoms with E-state index in [0.29, 0.717) is 6.42 Å². The number of nitrogens with zero attached hydrogens (tertiary/aromatic N) is 1. The quantitative estimate of drug-likeness (QED) is 0.798. The highest BCUT2D eigenvalue weighted by atomic mass is 32.1. The molecule has 3 N–H and O–H groups in total. The predicted octanol–water partition coefficient (Wildman–Crippen LogP) is 1.84. The van der Waals surface area contributed by atoms with Crippen LogP contribution in [0.15, 0.2) is 11.6 Å². The lowest BCUT2D eigenvalue weighted by Gasteiger charge is -2.14. The van der Waals surface area contributed by atoms with E-state index in [2.05, 4.69) is 17.2 Å². The van der Waals surface area contributed by atoms with Crippen LogP contribution in [0.2, 0.25) is 0 Å². The van der Waals surface area contributed by atoms with Gasteiger partial charge in [-0.1, -0.05) is 13.3 Å². The van der Waals surface area contributed by atoms with Crippen LogP contribution in [0.3, 0.4) is 0 Å². The van der Waals surface area contributed by atoms with Crippen LogP contribution in [0.25, 0.3) is 0 Å². The summed E-state index contributed by atoms with van der Waals surface area (Å²) < 4.78 is 0. The van der Waals surface area contributed by atoms with E-state index in [4.69, 9.17) is 5.73 Å². The minimum Gasteiger partial charge on any atom is -0.347 e. The van der Waals surface area contributed by atoms with Gasteiger partial charge in [-0.15, -0.1) is 11.3 Å². The summed E-state index contributed by atoms with van der Waals surface area (Å²) in [6, 6.07) is -0.0604. The fourth-order valence-corrected chi connectivity index (χ4v) is 2.17. The maximum Gasteiger partial charge on any atom is 0.222 e. The monoisotopic (exact) mass is 241 g/mol. The first-order valence-corrected chi connectivity index (χ1v) is 6.45. The van der Waals surface area contributed by atoms with E-state index >= 15 is 0 Å². The number of nitrogens with one attached hydrogen (secondary N) is 1. The van der Waals surface area contributed by atoms with Crippen molar-refractivity contribution in [2.75, 3.05) is 0 Å². The van der Waals surface area contributed by atoms with Gasteiger partial charge in [-0.2, -0.15) is 0 Å². The summed E-state index contributed by atoms with van der Waals surface area (Å²) in [5.74, 6) is 0.00338. The molecular formula is C11H19N3OS. The van der Waals surface area contributed by atoms with E-state index in [-0.39, 0.29) is 18.0 Å². The second-order valence-corrected chi connectivity index (χ2v) is 4.84. The Labute approximate surface area is 100 Å². The van der Waals surface area contributed by atoms with E-state index < -0.39 is 0 Å². The van der Waals surface area contributed by atoms with Crippen molar-refractivity contribution >= 4 is 17.2 Å². The molecule has 0 radical (unpaired) electrons. The van der Waals surface area contributed by atoms with Crippen LogP contribution >= 0.6 is 11.3 Å². The molecule has 0 spiro atoms. The van der Waals surface area contributed by atoms with Gasteiger partial charge < -0.3 is 11.1 Å². The molecule has 4 nitrogen and oxygen atoms in total. The fraction of sp³-hybridized carbons (Fsp3) is 0.636. The SMILES string of the molecule is CCCC(N)CC(=O)NC(C)c1nccs1. The van der Waals surface area contributed by atoms with E-state index in [0.717, 1.165) is 17.8 Å². The summed E-state index contributed by atoms with van der Waals surface area (Å²) in [5.41, 5.74) is 5.81. The number of aromatic nitrogens is 1. The Morgan fingerprint density at radius 2 is 2.44 bits per heavy atom. The highest BCUT2D eigenvalue weighted by Crippen LogP contribution is 2.14. The first kappa shape index (κ1) is 13.1. The minimum absolute atomic E-state index is 0.00338. The summed E-state index contributed by atoms with van der Waals surface area (Å²) in [7, 11) is 0. The molecular weight excluding hydrogens is 222 g/mol. The molecule has 16 heavy (non-hydrogen) atoms. The van der Waals surface area contributed by atoms with Crippen LogP contribution in [0.4, 0.5) is 0 Å². The third-order valence-corrected chi connectivity index (χ3v) is 3.26. The summed E-state index contributed by atoms with van der Waals surface area (Å²) >= 11 is 1.55. The van der Waals surface area contributed by atoms with Crippen LogP contribution in [0.1, 0.15) is 44.2 Å². The molecule has 1 rings (SSSR count). The van der Waals surface area contributed by atoms with Crippen molar-refractivity contribution in [3.63, 3.8) is 0 Å². The molecule has 0 saturated heterocycles. The molecule has 2 unspecified atom stereocenters. The molecule has 2 atom stereocenters. The highest BCUT2D eigenvalue weighted by molar-refractivity contribution is 7.09. The van der Waals surface area contributed by atoms with Crippen molar-refractivity contribution in [1.29, 1.82) is 0 Å². The third-order valence-electron chi connectivity index (χ3n) is 2.31. The summed E-state index contributed by atoms with van der Waals surface area (Å²) in [6.45, 7) is 4.00. The molecule has 1 amide bonds. The summed E-state index contributed by atoms with van der Waals surface area (Å²) in [4.78, 5) is 15.8. The number of thiazole rings is 1. The van der Waals surface area contributed by atoms with Crippen LogP contribution in [-0.2, 0) is 4.79 Å². The summed E-state index contributed by atoms with van der Waals surface area (Å²) in [6.07, 6.45) is 4.03. The Hall–Kier alpha value is -0.940. The van der Waals surface area contributed by atoms with Crippen LogP contribution in [0.5, 0.6) is 0 Å². The van der Waals surface area contributed by atoms with Gasteiger partial charge in [0, 0.05) is 24.0 Å². The fourth-order valence-electron chi connectivity index (χ4n) is 1.52. The van der Waals surface area contributed by atoms with E-state index in [1.54, 1.807) is 17.5 Å². The zero-order valence-corrected chi connectivity index (χ0v) is 10.6. The molecule has 5 heteroatoms. The molecule has 0 fully saturated rings. The number of carbonyl (C=O) groups is 1. The zero-order valence-electron chi connectivity index (χ0n) is 9.77. The van der Waals surface area contributed by atoms with Crippen molar-refractivity contribution in [1.82, 2.24) is 10.3 Å². The van der Waals surface area contributed by atoms with Gasteiger partial charge in [0.2, 0.25) is 5.91 Å². The maximum absolute atomic E-state index is 11.6. The number of carbonyl (C=O) groups excluding carboxylic acids is 1. The van der Waals surface area contributed by atoms with Crippen LogP contribution in [-0.4, -0.2) is 16.9 Å². The van der Waals surface area contributed by atoms with Crippen molar-refractivity contribution in [3.05, 3.63) is 16.6 Å². The van der Waals surface area contributed by atoms with Gasteiger partial charge >= 0.3 is 0 Å². The first-order valence-electron chi connectivity index (χ1n) is 5.57. The van der Waals surface area contributed by atoms with E-state index in [9.17, 15) is 4.79 Å². The second kappa shape index (κ2) is 6.60. The number of nitrogens with two attached hydrogens (primary N) is 1. The lowest BCUT2D eigenvalue weighted by atomic mass is 10.1. The maximum atomic E-state index is 11.6. The molecule has 1 heterocycles. The molecule has 90 valence electrons. The second-order valence-electron chi connectivity index (χ2n) is 3.91. The van der Waals surface area contributed by atoms with Gasteiger partial charge in [0.05, 0.1) is 6.04 Å². The predicted molar refractivity (Wildman–Crippen MR) is 66.2 cm³/mol. The zero-order chi connectivity index (χ0) is 12.0. The minimum atomic E-state index is -0.0338. The van der Waals surface area contributed by atoms with Gasteiger partial charge in [0.15, 0.2) is 0 Å². The Bertz CT molecular complexity index is 313. The molecule has 0 saturated carbocycles. The van der Waals surface area contributed by atoms with Crippen LogP contribution in [0, 0.1) is 0 Å². The van der Waals surface area contributed by atoms with Crippen molar-refractivity contribution in [2.24, 2.45) is 5.73 Å². The van der Waals surface area contributed by atoms with Gasteiger partial charge in [0.25, 0.3) is 0 Å². The molecule has 0 bridgehead atoms. The molecule has 0 aliphatic rings. The Morgan fingerprint density at radius 3 is 3.00 bits per heavy atom. The average Bonchev–Trinajstić information content (AvgIpc) is 2.69. The molecule has 0 aliphatic carbocycles. The van der Waals surface area contributed by atoms with Crippen LogP contribution < -0.4 is 11.1 Å². The Morgan fingerprint density at radius 1 is 1.69 bits per heavy atom. The summed E-state index contributed by atoms with van der Waals surface area (Å²) in [5, 5.41) is 5.73. The Balaban J connectivity index is 2.34. The van der Waals surface area contributed by atoms with Gasteiger partial charge in [0.1, 0.15) is 5.01 Å². The van der Waals surface area contributed by atoms with Crippen molar-refractivity contribution < 1.29 is 4.79 Å². The van der Waals surface area contributed by atoms with Crippen molar-refractivity contribution in [3.8, 4) is 0 Å². The number of amides is 1. The molecule has 1 aromatic rings. The molecule has 1 aromatic heterocycles. The number of hydrogen-bond donors (Lipinski definition) is 2. The normalized spacial score (nSPS) is 14.4. The Kier molecular flexibility index (Phi) is 5.42. The van der Waals surface area contributed by atoms with Crippen molar-refractivity contribution in [2.45, 2.75) is 45.2 Å². The highest BCUT2D eigenvalue weighted by Gasteiger charge is 2.13. The molecule has 0 aliphatic heterocycles. The molecule has 0 aromatic carbocycles. The number of hydrogen-bond acceptors (Lipinski definition) is 4. The standard InChI is InChI=1S/C11H19N3OS/c1-3-4-9(12)7-10(15)14-8(2)11-13-5-6-16-11/h5-6,8-9H,3-4,7,12H2,1-2H3,(H,14,15). The largest absolute Gasteiger partial charge is 0.347 e. The topological polar surface area (TPSA) is 68.0 Å². The van der Waals surface area contributed by atoms with Gasteiger partial charge in [-0.3, -0.25) is 4.79 Å². The van der Waals surface area contributed by atoms with E-state index in [1.165, 1.54) is 0 Å².